The molecule has 1 aromatic carbocycles. The van der Waals surface area contributed by atoms with Gasteiger partial charge in [-0.25, -0.2) is 4.98 Å². The lowest BCUT2D eigenvalue weighted by molar-refractivity contribution is -0.123. The third-order valence-electron chi connectivity index (χ3n) is 5.91. The average Bonchev–Trinajstić information content (AvgIpc) is 3.19. The van der Waals surface area contributed by atoms with E-state index in [0.29, 0.717) is 22.2 Å². The summed E-state index contributed by atoms with van der Waals surface area (Å²) in [7, 11) is 0. The second-order valence-corrected chi connectivity index (χ2v) is 10.1. The highest BCUT2D eigenvalue weighted by atomic mass is 35.5. The summed E-state index contributed by atoms with van der Waals surface area (Å²) in [5.41, 5.74) is 0.898. The molecule has 0 saturated heterocycles. The van der Waals surface area contributed by atoms with E-state index in [9.17, 15) is 9.59 Å². The molecule has 0 spiro atoms. The molecule has 2 aliphatic rings. The van der Waals surface area contributed by atoms with Crippen molar-refractivity contribution in [2.24, 2.45) is 5.92 Å². The molecule has 8 heteroatoms. The Labute approximate surface area is 192 Å². The van der Waals surface area contributed by atoms with Crippen LogP contribution in [0.25, 0.3) is 0 Å². The van der Waals surface area contributed by atoms with Crippen LogP contribution < -0.4 is 16.0 Å². The van der Waals surface area contributed by atoms with Crippen molar-refractivity contribution in [3.63, 3.8) is 0 Å². The lowest BCUT2D eigenvalue weighted by Crippen LogP contribution is -2.48. The Bertz CT molecular complexity index is 924. The predicted molar refractivity (Wildman–Crippen MR) is 125 cm³/mol. The van der Waals surface area contributed by atoms with Crippen LogP contribution in [0.5, 0.6) is 0 Å². The SMILES string of the molecule is C[C@H](Nc1cccc(Cl)c1)c1ncc(C(=O)N[C@@H](CC2CCCC2)C(=O)NC2CC2)s1. The van der Waals surface area contributed by atoms with E-state index in [-0.39, 0.29) is 23.9 Å². The molecule has 2 saturated carbocycles. The molecule has 1 aromatic heterocycles. The second-order valence-electron chi connectivity index (χ2n) is 8.63. The number of carbonyl (C=O) groups excluding carboxylic acids is 2. The van der Waals surface area contributed by atoms with E-state index in [4.69, 9.17) is 11.6 Å². The first-order valence-electron chi connectivity index (χ1n) is 11.1. The van der Waals surface area contributed by atoms with E-state index in [2.05, 4.69) is 20.9 Å². The highest BCUT2D eigenvalue weighted by Gasteiger charge is 2.31. The number of amides is 2. The molecule has 0 radical (unpaired) electrons. The van der Waals surface area contributed by atoms with E-state index >= 15 is 0 Å². The molecule has 0 aliphatic heterocycles. The third-order valence-corrected chi connectivity index (χ3v) is 7.33. The first-order chi connectivity index (χ1) is 15.0. The van der Waals surface area contributed by atoms with Crippen molar-refractivity contribution in [1.29, 1.82) is 0 Å². The molecule has 0 bridgehead atoms. The zero-order valence-electron chi connectivity index (χ0n) is 17.7. The molecule has 166 valence electrons. The van der Waals surface area contributed by atoms with Gasteiger partial charge in [-0.15, -0.1) is 11.3 Å². The molecule has 2 aliphatic carbocycles. The van der Waals surface area contributed by atoms with Crippen LogP contribution in [-0.2, 0) is 4.79 Å². The molecule has 3 N–H and O–H groups in total. The Hall–Kier alpha value is -2.12. The molecule has 31 heavy (non-hydrogen) atoms. The second kappa shape index (κ2) is 10.0. The van der Waals surface area contributed by atoms with E-state index in [0.717, 1.165) is 36.4 Å². The number of carbonyl (C=O) groups is 2. The quantitative estimate of drug-likeness (QED) is 0.495. The first kappa shape index (κ1) is 22.1. The first-order valence-corrected chi connectivity index (χ1v) is 12.3. The minimum Gasteiger partial charge on any atom is -0.376 e. The Balaban J connectivity index is 1.38. The van der Waals surface area contributed by atoms with Crippen molar-refractivity contribution in [2.75, 3.05) is 5.32 Å². The fourth-order valence-electron chi connectivity index (χ4n) is 4.05. The molecule has 2 atom stereocenters. The molecular formula is C23H29ClN4O2S. The van der Waals surface area contributed by atoms with Gasteiger partial charge in [0.1, 0.15) is 15.9 Å². The van der Waals surface area contributed by atoms with E-state index in [1.165, 1.54) is 24.2 Å². The normalized spacial score (nSPS) is 18.4. The average molecular weight is 461 g/mol. The molecule has 6 nitrogen and oxygen atoms in total. The minimum atomic E-state index is -0.483. The third kappa shape index (κ3) is 6.20. The summed E-state index contributed by atoms with van der Waals surface area (Å²) in [6.07, 6.45) is 9.08. The summed E-state index contributed by atoms with van der Waals surface area (Å²) in [6, 6.07) is 7.23. The number of aromatic nitrogens is 1. The van der Waals surface area contributed by atoms with Crippen molar-refractivity contribution in [1.82, 2.24) is 15.6 Å². The standard InChI is InChI=1S/C23H29ClN4O2S/c1-14(26-18-8-4-7-16(24)12-18)23-25-13-20(31-23)22(30)28-19(11-15-5-2-3-6-15)21(29)27-17-9-10-17/h4,7-8,12-15,17,19,26H,2-3,5-6,9-11H2,1H3,(H,27,29)(H,28,30)/t14-,19-/m0/s1. The van der Waals surface area contributed by atoms with E-state index < -0.39 is 6.04 Å². The van der Waals surface area contributed by atoms with Crippen molar-refractivity contribution in [2.45, 2.75) is 70.0 Å². The van der Waals surface area contributed by atoms with Gasteiger partial charge in [-0.3, -0.25) is 9.59 Å². The van der Waals surface area contributed by atoms with Gasteiger partial charge >= 0.3 is 0 Å². The Kier molecular flexibility index (Phi) is 7.13. The molecule has 0 unspecified atom stereocenters. The maximum absolute atomic E-state index is 12.9. The van der Waals surface area contributed by atoms with Crippen LogP contribution in [0, 0.1) is 5.92 Å². The summed E-state index contributed by atoms with van der Waals surface area (Å²) in [5, 5.41) is 10.9. The topological polar surface area (TPSA) is 83.1 Å². The zero-order valence-corrected chi connectivity index (χ0v) is 19.3. The lowest BCUT2D eigenvalue weighted by Gasteiger charge is -2.21. The molecule has 2 aromatic rings. The highest BCUT2D eigenvalue weighted by molar-refractivity contribution is 7.13. The van der Waals surface area contributed by atoms with Gasteiger partial charge < -0.3 is 16.0 Å². The zero-order chi connectivity index (χ0) is 21.8. The number of nitrogens with zero attached hydrogens (tertiary/aromatic N) is 1. The fourth-order valence-corrected chi connectivity index (χ4v) is 5.07. The van der Waals surface area contributed by atoms with Crippen molar-refractivity contribution >= 4 is 40.4 Å². The number of halogens is 1. The molecule has 4 rings (SSSR count). The smallest absolute Gasteiger partial charge is 0.263 e. The highest BCUT2D eigenvalue weighted by Crippen LogP contribution is 2.30. The van der Waals surface area contributed by atoms with Gasteiger partial charge in [0.2, 0.25) is 5.91 Å². The number of hydrogen-bond acceptors (Lipinski definition) is 5. The number of nitrogens with one attached hydrogen (secondary N) is 3. The van der Waals surface area contributed by atoms with Gasteiger partial charge in [0.05, 0.1) is 12.2 Å². The van der Waals surface area contributed by atoms with Crippen molar-refractivity contribution < 1.29 is 9.59 Å². The molecule has 1 heterocycles. The van der Waals surface area contributed by atoms with Gasteiger partial charge in [-0.1, -0.05) is 43.4 Å². The van der Waals surface area contributed by atoms with Gasteiger partial charge in [0.25, 0.3) is 5.91 Å². The van der Waals surface area contributed by atoms with Gasteiger partial charge in [0.15, 0.2) is 0 Å². The Morgan fingerprint density at radius 1 is 1.23 bits per heavy atom. The fraction of sp³-hybridized carbons (Fsp3) is 0.522. The summed E-state index contributed by atoms with van der Waals surface area (Å²) in [4.78, 5) is 30.6. The number of rotatable bonds is 9. The summed E-state index contributed by atoms with van der Waals surface area (Å²) in [5.74, 6) is 0.227. The Morgan fingerprint density at radius 2 is 2.00 bits per heavy atom. The number of thiazole rings is 1. The van der Waals surface area contributed by atoms with E-state index in [1.807, 2.05) is 31.2 Å². The monoisotopic (exact) mass is 460 g/mol. The summed E-state index contributed by atoms with van der Waals surface area (Å²) >= 11 is 7.40. The van der Waals surface area contributed by atoms with Crippen LogP contribution in [0.15, 0.2) is 30.5 Å². The van der Waals surface area contributed by atoms with Crippen molar-refractivity contribution in [3.8, 4) is 0 Å². The van der Waals surface area contributed by atoms with Gasteiger partial charge in [0, 0.05) is 16.8 Å². The maximum atomic E-state index is 12.9. The molecular weight excluding hydrogens is 432 g/mol. The summed E-state index contributed by atoms with van der Waals surface area (Å²) in [6.45, 7) is 1.99. The Morgan fingerprint density at radius 3 is 2.71 bits per heavy atom. The van der Waals surface area contributed by atoms with Crippen LogP contribution in [-0.4, -0.2) is 28.9 Å². The van der Waals surface area contributed by atoms with Gasteiger partial charge in [-0.2, -0.15) is 0 Å². The van der Waals surface area contributed by atoms with Crippen LogP contribution >= 0.6 is 22.9 Å². The molecule has 2 fully saturated rings. The van der Waals surface area contributed by atoms with E-state index in [1.54, 1.807) is 6.20 Å². The number of benzene rings is 1. The predicted octanol–water partition coefficient (Wildman–Crippen LogP) is 4.93. The number of anilines is 1. The maximum Gasteiger partial charge on any atom is 0.263 e. The lowest BCUT2D eigenvalue weighted by atomic mass is 9.97. The number of hydrogen-bond donors (Lipinski definition) is 3. The summed E-state index contributed by atoms with van der Waals surface area (Å²) < 4.78 is 0. The van der Waals surface area contributed by atoms with Crippen molar-refractivity contribution in [3.05, 3.63) is 45.4 Å². The van der Waals surface area contributed by atoms with Crippen LogP contribution in [0.4, 0.5) is 5.69 Å². The minimum absolute atomic E-state index is 0.0523. The van der Waals surface area contributed by atoms with Crippen LogP contribution in [0.1, 0.15) is 72.6 Å². The van der Waals surface area contributed by atoms with Crippen LogP contribution in [0.3, 0.4) is 0 Å². The molecule has 2 amide bonds. The van der Waals surface area contributed by atoms with Gasteiger partial charge in [-0.05, 0) is 50.3 Å². The van der Waals surface area contributed by atoms with Crippen LogP contribution in [0.2, 0.25) is 5.02 Å². The largest absolute Gasteiger partial charge is 0.376 e.